The fourth-order valence-electron chi connectivity index (χ4n) is 2.46. The van der Waals surface area contributed by atoms with Crippen molar-refractivity contribution in [2.45, 2.75) is 13.5 Å². The van der Waals surface area contributed by atoms with Crippen LogP contribution in [-0.4, -0.2) is 18.3 Å². The molecule has 0 aromatic heterocycles. The van der Waals surface area contributed by atoms with Crippen LogP contribution in [0.5, 0.6) is 11.5 Å². The van der Waals surface area contributed by atoms with Crippen molar-refractivity contribution >= 4 is 40.6 Å². The highest BCUT2D eigenvalue weighted by Crippen LogP contribution is 2.38. The maximum Gasteiger partial charge on any atom is 0.290 e. The summed E-state index contributed by atoms with van der Waals surface area (Å²) in [6.45, 7) is 2.37. The lowest BCUT2D eigenvalue weighted by Crippen LogP contribution is -2.17. The molecular weight excluding hydrogens is 374 g/mol. The quantitative estimate of drug-likeness (QED) is 0.759. The van der Waals surface area contributed by atoms with E-state index in [1.807, 2.05) is 31.2 Å². The first-order valence-corrected chi connectivity index (χ1v) is 8.97. The van der Waals surface area contributed by atoms with Gasteiger partial charge in [0.25, 0.3) is 11.1 Å². The minimum Gasteiger partial charge on any atom is -0.493 e. The highest BCUT2D eigenvalue weighted by Gasteiger charge is 2.25. The fourth-order valence-corrected chi connectivity index (χ4v) is 3.41. The Morgan fingerprint density at radius 1 is 1.23 bits per heavy atom. The molecule has 0 saturated carbocycles. The van der Waals surface area contributed by atoms with Crippen molar-refractivity contribution in [3.63, 3.8) is 0 Å². The molecule has 2 aromatic rings. The van der Waals surface area contributed by atoms with Crippen molar-refractivity contribution in [1.29, 1.82) is 0 Å². The Hall–Kier alpha value is -2.44. The molecule has 5 nitrogen and oxygen atoms in total. The van der Waals surface area contributed by atoms with Gasteiger partial charge in [-0.2, -0.15) is 0 Å². The fraction of sp³-hybridized carbons (Fsp3) is 0.158. The summed E-state index contributed by atoms with van der Waals surface area (Å²) in [5.41, 5.74) is 2.81. The van der Waals surface area contributed by atoms with Gasteiger partial charge >= 0.3 is 0 Å². The van der Waals surface area contributed by atoms with E-state index < -0.39 is 11.1 Å². The highest BCUT2D eigenvalue weighted by molar-refractivity contribution is 8.18. The smallest absolute Gasteiger partial charge is 0.290 e. The number of ether oxygens (including phenoxy) is 2. The summed E-state index contributed by atoms with van der Waals surface area (Å²) in [5, 5.41) is 2.18. The first kappa shape index (κ1) is 18.4. The number of amides is 2. The number of imide groups is 1. The van der Waals surface area contributed by atoms with Crippen LogP contribution >= 0.6 is 23.4 Å². The first-order valence-electron chi connectivity index (χ1n) is 7.77. The third-order valence-corrected chi connectivity index (χ3v) is 4.92. The molecule has 0 atom stereocenters. The molecule has 0 bridgehead atoms. The zero-order valence-corrected chi connectivity index (χ0v) is 15.7. The van der Waals surface area contributed by atoms with Gasteiger partial charge in [0, 0.05) is 0 Å². The third kappa shape index (κ3) is 4.03. The zero-order valence-electron chi connectivity index (χ0n) is 14.2. The second-order valence-corrected chi connectivity index (χ2v) is 7.02. The van der Waals surface area contributed by atoms with Crippen LogP contribution in [0.15, 0.2) is 41.3 Å². The predicted octanol–water partition coefficient (Wildman–Crippen LogP) is 4.56. The van der Waals surface area contributed by atoms with E-state index in [1.165, 1.54) is 7.11 Å². The monoisotopic (exact) mass is 389 g/mol. The van der Waals surface area contributed by atoms with Crippen LogP contribution in [-0.2, 0) is 11.4 Å². The molecule has 1 aliphatic heterocycles. The minimum absolute atomic E-state index is 0.307. The lowest BCUT2D eigenvalue weighted by molar-refractivity contribution is -0.115. The van der Waals surface area contributed by atoms with Crippen LogP contribution in [0, 0.1) is 6.92 Å². The summed E-state index contributed by atoms with van der Waals surface area (Å²) in [6, 6.07) is 11.3. The van der Waals surface area contributed by atoms with Crippen LogP contribution in [0.4, 0.5) is 4.79 Å². The number of nitrogens with one attached hydrogen (secondary N) is 1. The van der Waals surface area contributed by atoms with Gasteiger partial charge in [0.2, 0.25) is 0 Å². The van der Waals surface area contributed by atoms with E-state index in [9.17, 15) is 9.59 Å². The van der Waals surface area contributed by atoms with E-state index in [0.717, 1.165) is 22.9 Å². The Morgan fingerprint density at radius 3 is 2.65 bits per heavy atom. The van der Waals surface area contributed by atoms with Gasteiger partial charge in [-0.3, -0.25) is 14.9 Å². The Morgan fingerprint density at radius 2 is 2.00 bits per heavy atom. The number of carbonyl (C=O) groups excluding carboxylic acids is 2. The molecule has 134 valence electrons. The molecule has 7 heteroatoms. The lowest BCUT2D eigenvalue weighted by Gasteiger charge is -2.14. The molecule has 1 saturated heterocycles. The average Bonchev–Trinajstić information content (AvgIpc) is 2.92. The normalized spacial score (nSPS) is 15.3. The molecule has 0 radical (unpaired) electrons. The van der Waals surface area contributed by atoms with E-state index in [-0.39, 0.29) is 0 Å². The van der Waals surface area contributed by atoms with Crippen LogP contribution in [0.3, 0.4) is 0 Å². The van der Waals surface area contributed by atoms with Gasteiger partial charge in [0.05, 0.1) is 17.0 Å². The molecule has 2 amide bonds. The summed E-state index contributed by atoms with van der Waals surface area (Å²) in [6.07, 6.45) is 1.59. The number of benzene rings is 2. The summed E-state index contributed by atoms with van der Waals surface area (Å²) in [4.78, 5) is 23.2. The number of halogens is 1. The average molecular weight is 390 g/mol. The van der Waals surface area contributed by atoms with Gasteiger partial charge in [0.15, 0.2) is 11.5 Å². The van der Waals surface area contributed by atoms with Gasteiger partial charge in [-0.1, -0.05) is 35.9 Å². The molecule has 0 unspecified atom stereocenters. The molecule has 2 aromatic carbocycles. The van der Waals surface area contributed by atoms with Crippen molar-refractivity contribution < 1.29 is 19.1 Å². The molecule has 1 aliphatic rings. The van der Waals surface area contributed by atoms with E-state index >= 15 is 0 Å². The van der Waals surface area contributed by atoms with Gasteiger partial charge in [-0.15, -0.1) is 0 Å². The number of thioether (sulfide) groups is 1. The highest BCUT2D eigenvalue weighted by atomic mass is 35.5. The SMILES string of the molecule is COc1cc(/C=C2\SC(=O)NC2=O)cc(Cl)c1OCc1ccccc1C. The Labute approximate surface area is 160 Å². The van der Waals surface area contributed by atoms with Crippen LogP contribution in [0.1, 0.15) is 16.7 Å². The molecule has 1 fully saturated rings. The molecule has 1 heterocycles. The molecule has 0 spiro atoms. The van der Waals surface area contributed by atoms with Crippen molar-refractivity contribution in [3.05, 3.63) is 63.0 Å². The second kappa shape index (κ2) is 7.85. The Kier molecular flexibility index (Phi) is 5.54. The van der Waals surface area contributed by atoms with E-state index in [4.69, 9.17) is 21.1 Å². The van der Waals surface area contributed by atoms with Gasteiger partial charge in [-0.05, 0) is 53.6 Å². The van der Waals surface area contributed by atoms with E-state index in [0.29, 0.717) is 33.6 Å². The number of methoxy groups -OCH3 is 1. The third-order valence-electron chi connectivity index (χ3n) is 3.82. The van der Waals surface area contributed by atoms with E-state index in [2.05, 4.69) is 5.32 Å². The first-order chi connectivity index (χ1) is 12.5. The van der Waals surface area contributed by atoms with Crippen molar-refractivity contribution in [3.8, 4) is 11.5 Å². The molecular formula is C19H16ClNO4S. The number of carbonyl (C=O) groups is 2. The predicted molar refractivity (Wildman–Crippen MR) is 103 cm³/mol. The summed E-state index contributed by atoms with van der Waals surface area (Å²) < 4.78 is 11.3. The molecule has 1 N–H and O–H groups in total. The topological polar surface area (TPSA) is 64.6 Å². The Bertz CT molecular complexity index is 910. The maximum absolute atomic E-state index is 11.7. The molecule has 0 aliphatic carbocycles. The van der Waals surface area contributed by atoms with Gasteiger partial charge in [0.1, 0.15) is 6.61 Å². The number of rotatable bonds is 5. The second-order valence-electron chi connectivity index (χ2n) is 5.60. The maximum atomic E-state index is 11.7. The van der Waals surface area contributed by atoms with Crippen molar-refractivity contribution in [2.75, 3.05) is 7.11 Å². The lowest BCUT2D eigenvalue weighted by atomic mass is 10.1. The van der Waals surface area contributed by atoms with Gasteiger partial charge < -0.3 is 9.47 Å². The number of hydrogen-bond acceptors (Lipinski definition) is 5. The summed E-state index contributed by atoms with van der Waals surface area (Å²) >= 11 is 7.21. The van der Waals surface area contributed by atoms with Crippen molar-refractivity contribution in [1.82, 2.24) is 5.32 Å². The summed E-state index contributed by atoms with van der Waals surface area (Å²) in [5.74, 6) is 0.460. The largest absolute Gasteiger partial charge is 0.493 e. The van der Waals surface area contributed by atoms with Crippen LogP contribution < -0.4 is 14.8 Å². The number of aryl methyl sites for hydroxylation is 1. The van der Waals surface area contributed by atoms with Crippen molar-refractivity contribution in [2.24, 2.45) is 0 Å². The van der Waals surface area contributed by atoms with Gasteiger partial charge in [-0.25, -0.2) is 0 Å². The van der Waals surface area contributed by atoms with E-state index in [1.54, 1.807) is 18.2 Å². The minimum atomic E-state index is -0.421. The zero-order chi connectivity index (χ0) is 18.7. The number of hydrogen-bond donors (Lipinski definition) is 1. The Balaban J connectivity index is 1.86. The van der Waals surface area contributed by atoms with Crippen LogP contribution in [0.2, 0.25) is 5.02 Å². The standard InChI is InChI=1S/C19H16ClNO4S/c1-11-5-3-4-6-13(11)10-25-17-14(20)7-12(8-15(17)24-2)9-16-18(22)21-19(23)26-16/h3-9H,10H2,1-2H3,(H,21,22,23)/b16-9-. The molecule has 26 heavy (non-hydrogen) atoms. The summed E-state index contributed by atoms with van der Waals surface area (Å²) in [7, 11) is 1.52. The van der Waals surface area contributed by atoms with Crippen LogP contribution in [0.25, 0.3) is 6.08 Å². The molecule has 3 rings (SSSR count).